The van der Waals surface area contributed by atoms with E-state index in [1.807, 2.05) is 30.3 Å². The van der Waals surface area contributed by atoms with E-state index >= 15 is 0 Å². The van der Waals surface area contributed by atoms with Gasteiger partial charge in [0.2, 0.25) is 0 Å². The Morgan fingerprint density at radius 1 is 1.07 bits per heavy atom. The monoisotopic (exact) mass is 571 g/mol. The lowest BCUT2D eigenvalue weighted by molar-refractivity contribution is -0.141. The maximum atomic E-state index is 13.1. The summed E-state index contributed by atoms with van der Waals surface area (Å²) in [6, 6.07) is 17.0. The summed E-state index contributed by atoms with van der Waals surface area (Å²) >= 11 is 1.57. The third-order valence-corrected chi connectivity index (χ3v) is 7.64. The number of aliphatic hydroxyl groups is 2. The van der Waals surface area contributed by atoms with E-state index in [4.69, 9.17) is 9.84 Å². The SMILES string of the molecule is O=C(O)c1ccc(-c2ccc(Cc3cccc([C@H]4OC[C@H](O)[C@H](O)[C@H]4Nc4cncc(C(F)(F)F)n4)c3)s2)cc1. The first-order valence-corrected chi connectivity index (χ1v) is 13.0. The molecule has 1 aliphatic heterocycles. The number of hydrogen-bond acceptors (Lipinski definition) is 8. The van der Waals surface area contributed by atoms with E-state index in [1.165, 1.54) is 0 Å². The highest BCUT2D eigenvalue weighted by molar-refractivity contribution is 7.15. The molecule has 40 heavy (non-hydrogen) atoms. The second-order valence-corrected chi connectivity index (χ2v) is 10.5. The number of rotatable bonds is 7. The van der Waals surface area contributed by atoms with Gasteiger partial charge in [0.15, 0.2) is 5.69 Å². The van der Waals surface area contributed by atoms with Gasteiger partial charge in [0.25, 0.3) is 0 Å². The van der Waals surface area contributed by atoms with E-state index in [0.717, 1.165) is 27.1 Å². The van der Waals surface area contributed by atoms with Crippen LogP contribution >= 0.6 is 11.3 Å². The summed E-state index contributed by atoms with van der Waals surface area (Å²) in [6.07, 6.45) is -5.77. The lowest BCUT2D eigenvalue weighted by atomic mass is 9.91. The maximum Gasteiger partial charge on any atom is 0.434 e. The van der Waals surface area contributed by atoms with Gasteiger partial charge in [-0.2, -0.15) is 13.2 Å². The van der Waals surface area contributed by atoms with Crippen molar-refractivity contribution in [3.8, 4) is 10.4 Å². The molecule has 2 aromatic heterocycles. The smallest absolute Gasteiger partial charge is 0.434 e. The number of anilines is 1. The number of carboxylic acid groups (broad SMARTS) is 1. The van der Waals surface area contributed by atoms with Crippen LogP contribution in [0.25, 0.3) is 10.4 Å². The minimum absolute atomic E-state index is 0.155. The number of ether oxygens (including phenoxy) is 1. The molecule has 1 aliphatic rings. The van der Waals surface area contributed by atoms with Crippen molar-refractivity contribution in [1.82, 2.24) is 9.97 Å². The second-order valence-electron chi connectivity index (χ2n) is 9.34. The highest BCUT2D eigenvalue weighted by Gasteiger charge is 2.40. The van der Waals surface area contributed by atoms with Crippen LogP contribution in [0, 0.1) is 0 Å². The number of nitrogens with zero attached hydrogens (tertiary/aromatic N) is 2. The van der Waals surface area contributed by atoms with Crippen molar-refractivity contribution < 1.29 is 38.0 Å². The van der Waals surface area contributed by atoms with Crippen molar-refractivity contribution >= 4 is 23.1 Å². The van der Waals surface area contributed by atoms with E-state index < -0.39 is 42.2 Å². The quantitative estimate of drug-likeness (QED) is 0.250. The molecule has 4 N–H and O–H groups in total. The van der Waals surface area contributed by atoms with Crippen LogP contribution in [0.2, 0.25) is 0 Å². The molecule has 0 spiro atoms. The first-order chi connectivity index (χ1) is 19.1. The van der Waals surface area contributed by atoms with Gasteiger partial charge in [-0.15, -0.1) is 11.3 Å². The normalized spacial score (nSPS) is 21.2. The number of halogens is 3. The van der Waals surface area contributed by atoms with E-state index in [-0.39, 0.29) is 18.0 Å². The summed E-state index contributed by atoms with van der Waals surface area (Å²) in [4.78, 5) is 20.3. The Labute approximate surface area is 230 Å². The number of alkyl halides is 3. The van der Waals surface area contributed by atoms with Crippen LogP contribution in [-0.4, -0.2) is 56.1 Å². The fourth-order valence-corrected chi connectivity index (χ4v) is 5.56. The van der Waals surface area contributed by atoms with Crippen LogP contribution in [0.3, 0.4) is 0 Å². The molecule has 0 radical (unpaired) electrons. The summed E-state index contributed by atoms with van der Waals surface area (Å²) in [7, 11) is 0. The zero-order chi connectivity index (χ0) is 28.4. The van der Waals surface area contributed by atoms with Crippen molar-refractivity contribution in [2.24, 2.45) is 0 Å². The van der Waals surface area contributed by atoms with Crippen LogP contribution in [0.4, 0.5) is 19.0 Å². The number of hydrogen-bond donors (Lipinski definition) is 4. The highest BCUT2D eigenvalue weighted by Crippen LogP contribution is 2.34. The van der Waals surface area contributed by atoms with Gasteiger partial charge in [0.1, 0.15) is 24.1 Å². The Morgan fingerprint density at radius 3 is 2.58 bits per heavy atom. The molecule has 0 amide bonds. The van der Waals surface area contributed by atoms with E-state index in [2.05, 4.69) is 15.3 Å². The Bertz CT molecular complexity index is 1500. The van der Waals surface area contributed by atoms with Crippen molar-refractivity contribution in [3.63, 3.8) is 0 Å². The number of thiophene rings is 1. The third-order valence-electron chi connectivity index (χ3n) is 6.51. The zero-order valence-electron chi connectivity index (χ0n) is 20.7. The number of nitrogens with one attached hydrogen (secondary N) is 1. The number of carbonyl (C=O) groups is 1. The van der Waals surface area contributed by atoms with Crippen molar-refractivity contribution in [1.29, 1.82) is 0 Å². The lowest BCUT2D eigenvalue weighted by Crippen LogP contribution is -2.52. The Kier molecular flexibility index (Phi) is 7.86. The van der Waals surface area contributed by atoms with Gasteiger partial charge < -0.3 is 25.4 Å². The maximum absolute atomic E-state index is 13.1. The highest BCUT2D eigenvalue weighted by atomic mass is 32.1. The van der Waals surface area contributed by atoms with Crippen molar-refractivity contribution in [2.45, 2.75) is 37.0 Å². The number of aliphatic hydroxyl groups excluding tert-OH is 2. The minimum atomic E-state index is -4.69. The van der Waals surface area contributed by atoms with Gasteiger partial charge in [-0.1, -0.05) is 36.4 Å². The number of benzene rings is 2. The molecule has 3 heterocycles. The standard InChI is InChI=1S/C28H24F3N3O5S/c29-28(30,31)22-12-32-13-23(33-22)34-24-25(36)20(35)14-39-26(24)18-3-1-2-15(10-18)11-19-8-9-21(40-19)16-4-6-17(7-5-16)27(37)38/h1-10,12-13,20,24-26,35-36H,11,14H2,(H,33,34)(H,37,38)/t20-,24+,25-,26+/m0/s1. The average molecular weight is 572 g/mol. The summed E-state index contributed by atoms with van der Waals surface area (Å²) < 4.78 is 45.2. The average Bonchev–Trinajstić information content (AvgIpc) is 3.40. The van der Waals surface area contributed by atoms with Crippen LogP contribution in [0.5, 0.6) is 0 Å². The fourth-order valence-electron chi connectivity index (χ4n) is 4.52. The zero-order valence-corrected chi connectivity index (χ0v) is 21.6. The van der Waals surface area contributed by atoms with Crippen molar-refractivity contribution in [2.75, 3.05) is 11.9 Å². The third kappa shape index (κ3) is 6.15. The van der Waals surface area contributed by atoms with Crippen LogP contribution in [0.1, 0.15) is 38.2 Å². The van der Waals surface area contributed by atoms with E-state index in [0.29, 0.717) is 18.2 Å². The predicted octanol–water partition coefficient (Wildman–Crippen LogP) is 4.79. The Morgan fingerprint density at radius 2 is 1.85 bits per heavy atom. The van der Waals surface area contributed by atoms with Gasteiger partial charge in [0, 0.05) is 16.2 Å². The molecule has 1 fully saturated rings. The minimum Gasteiger partial charge on any atom is -0.478 e. The summed E-state index contributed by atoms with van der Waals surface area (Å²) in [6.45, 7) is -0.155. The molecule has 208 valence electrons. The Hall–Kier alpha value is -3.84. The van der Waals surface area contributed by atoms with Gasteiger partial charge >= 0.3 is 12.1 Å². The van der Waals surface area contributed by atoms with E-state index in [9.17, 15) is 28.2 Å². The predicted molar refractivity (Wildman–Crippen MR) is 141 cm³/mol. The van der Waals surface area contributed by atoms with Crippen LogP contribution in [-0.2, 0) is 17.3 Å². The molecule has 8 nitrogen and oxygen atoms in total. The molecule has 5 rings (SSSR count). The van der Waals surface area contributed by atoms with Gasteiger partial charge in [0.05, 0.1) is 30.6 Å². The fraction of sp³-hybridized carbons (Fsp3) is 0.250. The first kappa shape index (κ1) is 27.7. The molecule has 4 atom stereocenters. The molecule has 0 aliphatic carbocycles. The first-order valence-electron chi connectivity index (χ1n) is 12.2. The van der Waals surface area contributed by atoms with Gasteiger partial charge in [-0.25, -0.2) is 9.78 Å². The molecule has 12 heteroatoms. The summed E-state index contributed by atoms with van der Waals surface area (Å²) in [5, 5.41) is 32.8. The van der Waals surface area contributed by atoms with Crippen LogP contribution in [0.15, 0.2) is 73.1 Å². The molecule has 1 saturated heterocycles. The largest absolute Gasteiger partial charge is 0.478 e. The second kappa shape index (κ2) is 11.3. The summed E-state index contributed by atoms with van der Waals surface area (Å²) in [5.41, 5.74) is 1.55. The topological polar surface area (TPSA) is 125 Å². The summed E-state index contributed by atoms with van der Waals surface area (Å²) in [5.74, 6) is -1.19. The Balaban J connectivity index is 1.35. The van der Waals surface area contributed by atoms with Gasteiger partial charge in [-0.05, 0) is 41.0 Å². The van der Waals surface area contributed by atoms with E-state index in [1.54, 1.807) is 41.7 Å². The molecule has 0 saturated carbocycles. The number of aromatic carboxylic acids is 1. The molecule has 4 aromatic rings. The van der Waals surface area contributed by atoms with Crippen molar-refractivity contribution in [3.05, 3.63) is 100 Å². The molecular weight excluding hydrogens is 547 g/mol. The molecule has 2 aromatic carbocycles. The molecular formula is C28H24F3N3O5S. The number of carboxylic acids is 1. The molecule has 0 bridgehead atoms. The molecule has 0 unspecified atom stereocenters. The van der Waals surface area contributed by atoms with Gasteiger partial charge in [-0.3, -0.25) is 4.98 Å². The van der Waals surface area contributed by atoms with Crippen LogP contribution < -0.4 is 5.32 Å². The number of aromatic nitrogens is 2. The lowest BCUT2D eigenvalue weighted by Gasteiger charge is -2.39.